The third-order valence-corrected chi connectivity index (χ3v) is 2.03. The molecule has 1 N–H and O–H groups in total. The van der Waals surface area contributed by atoms with E-state index in [9.17, 15) is 18.0 Å². The van der Waals surface area contributed by atoms with Gasteiger partial charge in [-0.3, -0.25) is 4.18 Å². The minimum atomic E-state index is -3.58. The first-order valence-corrected chi connectivity index (χ1v) is 6.58. The number of aliphatic hydroxyl groups excluding tert-OH is 1. The molecule has 0 fully saturated rings. The van der Waals surface area contributed by atoms with Crippen LogP contribution in [0.3, 0.4) is 0 Å². The maximum atomic E-state index is 10.6. The van der Waals surface area contributed by atoms with E-state index in [1.165, 1.54) is 21.0 Å². The van der Waals surface area contributed by atoms with Crippen LogP contribution in [0.2, 0.25) is 0 Å². The molecule has 0 saturated heterocycles. The van der Waals surface area contributed by atoms with Crippen LogP contribution >= 0.6 is 0 Å². The fourth-order valence-electron chi connectivity index (χ4n) is 0.638. The zero-order valence-electron chi connectivity index (χ0n) is 10.9. The third kappa shape index (κ3) is 11.3. The summed E-state index contributed by atoms with van der Waals surface area (Å²) in [5.41, 5.74) is 0. The van der Waals surface area contributed by atoms with Crippen LogP contribution in [-0.4, -0.2) is 58.1 Å². The van der Waals surface area contributed by atoms with Gasteiger partial charge in [-0.15, -0.1) is 0 Å². The lowest BCUT2D eigenvalue weighted by Crippen LogP contribution is -2.24. The van der Waals surface area contributed by atoms with Crippen molar-refractivity contribution in [2.75, 3.05) is 20.5 Å². The summed E-state index contributed by atoms with van der Waals surface area (Å²) < 4.78 is 33.5. The lowest BCUT2D eigenvalue weighted by atomic mass is 10.4. The lowest BCUT2D eigenvalue weighted by molar-refractivity contribution is -0.149. The first-order valence-electron chi connectivity index (χ1n) is 4.77. The predicted molar refractivity (Wildman–Crippen MR) is 61.1 cm³/mol. The van der Waals surface area contributed by atoms with E-state index in [1.807, 2.05) is 0 Å². The zero-order chi connectivity index (χ0) is 14.9. The lowest BCUT2D eigenvalue weighted by Gasteiger charge is -2.07. The van der Waals surface area contributed by atoms with Gasteiger partial charge in [-0.1, -0.05) is 0 Å². The predicted octanol–water partition coefficient (Wildman–Crippen LogP) is -0.936. The molecule has 8 nitrogen and oxygen atoms in total. The van der Waals surface area contributed by atoms with Crippen LogP contribution < -0.4 is 0 Å². The molecule has 0 spiro atoms. The van der Waals surface area contributed by atoms with E-state index in [1.54, 1.807) is 0 Å². The zero-order valence-corrected chi connectivity index (χ0v) is 11.7. The Morgan fingerprint density at radius 1 is 1.06 bits per heavy atom. The van der Waals surface area contributed by atoms with Crippen LogP contribution in [0.5, 0.6) is 0 Å². The topological polar surface area (TPSA) is 116 Å². The molecule has 108 valence electrons. The quantitative estimate of drug-likeness (QED) is 0.520. The second-order valence-electron chi connectivity index (χ2n) is 3.16. The van der Waals surface area contributed by atoms with E-state index in [-0.39, 0.29) is 0 Å². The minimum Gasteiger partial charge on any atom is -0.467 e. The molecule has 0 heterocycles. The number of carbonyl (C=O) groups is 2. The maximum Gasteiger partial charge on any atom is 0.336 e. The number of esters is 2. The van der Waals surface area contributed by atoms with Gasteiger partial charge in [0.25, 0.3) is 10.1 Å². The normalized spacial score (nSPS) is 13.7. The Labute approximate surface area is 106 Å². The molecule has 0 rings (SSSR count). The van der Waals surface area contributed by atoms with E-state index >= 15 is 0 Å². The van der Waals surface area contributed by atoms with Gasteiger partial charge in [0.05, 0.1) is 20.5 Å². The van der Waals surface area contributed by atoms with Crippen LogP contribution in [0, 0.1) is 0 Å². The van der Waals surface area contributed by atoms with Gasteiger partial charge in [0.1, 0.15) is 6.10 Å². The molecule has 0 amide bonds. The summed E-state index contributed by atoms with van der Waals surface area (Å²) in [5, 5.41) is 8.35. The monoisotopic (exact) mass is 286 g/mol. The summed E-state index contributed by atoms with van der Waals surface area (Å²) in [4.78, 5) is 20.6. The van der Waals surface area contributed by atoms with Crippen molar-refractivity contribution in [2.24, 2.45) is 0 Å². The molecular formula is C9H18O8S. The van der Waals surface area contributed by atoms with Gasteiger partial charge in [0.2, 0.25) is 0 Å². The average molecular weight is 286 g/mol. The van der Waals surface area contributed by atoms with Crippen molar-refractivity contribution in [3.63, 3.8) is 0 Å². The number of hydrogen-bond acceptors (Lipinski definition) is 8. The molecule has 0 aromatic carbocycles. The molecule has 0 radical (unpaired) electrons. The highest BCUT2D eigenvalue weighted by atomic mass is 32.2. The Balaban J connectivity index is 0. The van der Waals surface area contributed by atoms with Crippen molar-refractivity contribution in [3.05, 3.63) is 0 Å². The van der Waals surface area contributed by atoms with Crippen LogP contribution in [0.4, 0.5) is 0 Å². The first-order chi connectivity index (χ1) is 8.05. The molecule has 0 saturated carbocycles. The van der Waals surface area contributed by atoms with Crippen LogP contribution in [0.15, 0.2) is 0 Å². The van der Waals surface area contributed by atoms with E-state index in [0.29, 0.717) is 0 Å². The highest BCUT2D eigenvalue weighted by molar-refractivity contribution is 7.86. The van der Waals surface area contributed by atoms with Crippen molar-refractivity contribution in [3.8, 4) is 0 Å². The van der Waals surface area contributed by atoms with Crippen molar-refractivity contribution in [2.45, 2.75) is 26.1 Å². The van der Waals surface area contributed by atoms with Gasteiger partial charge in [0, 0.05) is 0 Å². The van der Waals surface area contributed by atoms with Gasteiger partial charge < -0.3 is 14.6 Å². The summed E-state index contributed by atoms with van der Waals surface area (Å²) >= 11 is 0. The Morgan fingerprint density at radius 2 is 1.44 bits per heavy atom. The van der Waals surface area contributed by atoms with Crippen LogP contribution in [0.25, 0.3) is 0 Å². The number of carbonyl (C=O) groups excluding carboxylic acids is 2. The van der Waals surface area contributed by atoms with Gasteiger partial charge >= 0.3 is 11.9 Å². The molecular weight excluding hydrogens is 268 g/mol. The highest BCUT2D eigenvalue weighted by Crippen LogP contribution is 1.98. The molecule has 0 aromatic rings. The molecule has 9 heteroatoms. The molecule has 0 unspecified atom stereocenters. The maximum absolute atomic E-state index is 10.6. The number of hydrogen-bond donors (Lipinski definition) is 1. The van der Waals surface area contributed by atoms with E-state index in [0.717, 1.165) is 13.4 Å². The molecule has 0 aliphatic rings. The summed E-state index contributed by atoms with van der Waals surface area (Å²) in [5.74, 6) is -1.31. The minimum absolute atomic E-state index is 0.597. The molecule has 2 atom stereocenters. The molecule has 0 aromatic heterocycles. The van der Waals surface area contributed by atoms with Gasteiger partial charge in [-0.25, -0.2) is 9.59 Å². The first kappa shape index (κ1) is 19.2. The Hall–Kier alpha value is -1.19. The van der Waals surface area contributed by atoms with Crippen molar-refractivity contribution in [1.29, 1.82) is 0 Å². The summed E-state index contributed by atoms with van der Waals surface area (Å²) in [7, 11) is -1.19. The fraction of sp³-hybridized carbons (Fsp3) is 0.778. The third-order valence-electron chi connectivity index (χ3n) is 1.39. The van der Waals surface area contributed by atoms with Crippen molar-refractivity contribution in [1.82, 2.24) is 0 Å². The Morgan fingerprint density at radius 3 is 1.61 bits per heavy atom. The number of aliphatic hydroxyl groups is 1. The Kier molecular flexibility index (Phi) is 9.40. The number of methoxy groups -OCH3 is 2. The second kappa shape index (κ2) is 8.84. The molecule has 18 heavy (non-hydrogen) atoms. The highest BCUT2D eigenvalue weighted by Gasteiger charge is 2.18. The molecule has 0 aliphatic carbocycles. The fourth-order valence-corrected chi connectivity index (χ4v) is 1.24. The smallest absolute Gasteiger partial charge is 0.336 e. The summed E-state index contributed by atoms with van der Waals surface area (Å²) in [6.07, 6.45) is -1.20. The van der Waals surface area contributed by atoms with Crippen LogP contribution in [0.1, 0.15) is 13.8 Å². The van der Waals surface area contributed by atoms with Crippen LogP contribution in [-0.2, 0) is 33.4 Å². The van der Waals surface area contributed by atoms with Gasteiger partial charge in [0.15, 0.2) is 6.10 Å². The summed E-state index contributed by atoms with van der Waals surface area (Å²) in [6, 6.07) is 0. The van der Waals surface area contributed by atoms with E-state index < -0.39 is 34.3 Å². The molecule has 0 aliphatic heterocycles. The standard InChI is InChI=1S/C5H10O5S.C4H8O3/c1-4(5(6)9-2)10-11(3,7)8;1-3(5)4(6)7-2/h4H,1-3H3;3,5H,1-2H3/t4-;3-/m00/s1. The van der Waals surface area contributed by atoms with Crippen molar-refractivity contribution >= 4 is 22.1 Å². The molecule has 0 bridgehead atoms. The second-order valence-corrected chi connectivity index (χ2v) is 4.77. The van der Waals surface area contributed by atoms with E-state index in [4.69, 9.17) is 5.11 Å². The average Bonchev–Trinajstić information content (AvgIpc) is 2.25. The van der Waals surface area contributed by atoms with Crippen molar-refractivity contribution < 1.29 is 36.8 Å². The SMILES string of the molecule is COC(=O)[C@H](C)O.COC(=O)[C@H](C)OS(C)(=O)=O. The number of rotatable bonds is 4. The van der Waals surface area contributed by atoms with Gasteiger partial charge in [-0.2, -0.15) is 8.42 Å². The largest absolute Gasteiger partial charge is 0.467 e. The summed E-state index contributed by atoms with van der Waals surface area (Å²) in [6.45, 7) is 2.65. The van der Waals surface area contributed by atoms with E-state index in [2.05, 4.69) is 13.7 Å². The Bertz CT molecular complexity index is 359. The number of ether oxygens (including phenoxy) is 2. The van der Waals surface area contributed by atoms with Gasteiger partial charge in [-0.05, 0) is 13.8 Å².